The van der Waals surface area contributed by atoms with Crippen LogP contribution in [0.1, 0.15) is 46.5 Å². The third-order valence-corrected chi connectivity index (χ3v) is 4.63. The van der Waals surface area contributed by atoms with E-state index in [0.29, 0.717) is 5.54 Å². The van der Waals surface area contributed by atoms with Gasteiger partial charge in [-0.2, -0.15) is 0 Å². The molecule has 1 aliphatic carbocycles. The Kier molecular flexibility index (Phi) is 2.54. The zero-order chi connectivity index (χ0) is 10.2. The average Bonchev–Trinajstić information content (AvgIpc) is 2.38. The van der Waals surface area contributed by atoms with Gasteiger partial charge in [0.2, 0.25) is 0 Å². The number of thioether (sulfide) groups is 1. The van der Waals surface area contributed by atoms with Crippen molar-refractivity contribution >= 4 is 16.9 Å². The number of amidine groups is 1. The largest absolute Gasteiger partial charge is 0.359 e. The highest BCUT2D eigenvalue weighted by Crippen LogP contribution is 2.40. The summed E-state index contributed by atoms with van der Waals surface area (Å²) in [7, 11) is 0. The minimum Gasteiger partial charge on any atom is -0.359 e. The fourth-order valence-electron chi connectivity index (χ4n) is 2.02. The molecule has 0 spiro atoms. The lowest BCUT2D eigenvalue weighted by Gasteiger charge is -2.37. The van der Waals surface area contributed by atoms with Crippen LogP contribution in [0.5, 0.6) is 0 Å². The maximum atomic E-state index is 4.90. The molecule has 3 heteroatoms. The summed E-state index contributed by atoms with van der Waals surface area (Å²) >= 11 is 1.88. The Labute approximate surface area is 90.9 Å². The Morgan fingerprint density at radius 2 is 2.14 bits per heavy atom. The normalized spacial score (nSPS) is 31.2. The molecule has 1 aliphatic heterocycles. The SMILES string of the molecule is CCC1(N=C2NC(C)(C)CS2)CCC1. The molecule has 1 saturated carbocycles. The summed E-state index contributed by atoms with van der Waals surface area (Å²) in [6.07, 6.45) is 5.13. The van der Waals surface area contributed by atoms with Crippen LogP contribution in [0.4, 0.5) is 0 Å². The number of hydrogen-bond donors (Lipinski definition) is 1. The van der Waals surface area contributed by atoms with Gasteiger partial charge < -0.3 is 5.32 Å². The predicted molar refractivity (Wildman–Crippen MR) is 64.0 cm³/mol. The molecule has 14 heavy (non-hydrogen) atoms. The first-order valence-corrected chi connectivity index (χ1v) is 6.55. The first kappa shape index (κ1) is 10.3. The van der Waals surface area contributed by atoms with Crippen molar-refractivity contribution in [2.45, 2.75) is 57.5 Å². The standard InChI is InChI=1S/C11H20N2S/c1-4-11(6-5-7-11)13-9-12-10(2,3)8-14-9/h4-8H2,1-3H3,(H,12,13). The van der Waals surface area contributed by atoms with Crippen molar-refractivity contribution in [3.8, 4) is 0 Å². The summed E-state index contributed by atoms with van der Waals surface area (Å²) in [4.78, 5) is 4.90. The maximum absolute atomic E-state index is 4.90. The van der Waals surface area contributed by atoms with Crippen molar-refractivity contribution in [2.24, 2.45) is 4.99 Å². The third-order valence-electron chi connectivity index (χ3n) is 3.30. The van der Waals surface area contributed by atoms with Gasteiger partial charge in [-0.1, -0.05) is 18.7 Å². The molecule has 1 N–H and O–H groups in total. The van der Waals surface area contributed by atoms with Gasteiger partial charge in [-0.3, -0.25) is 4.99 Å². The summed E-state index contributed by atoms with van der Waals surface area (Å²) in [5, 5.41) is 4.68. The highest BCUT2D eigenvalue weighted by molar-refractivity contribution is 8.14. The molecule has 0 radical (unpaired) electrons. The zero-order valence-electron chi connectivity index (χ0n) is 9.39. The van der Waals surface area contributed by atoms with Gasteiger partial charge in [0.25, 0.3) is 0 Å². The second-order valence-electron chi connectivity index (χ2n) is 5.15. The van der Waals surface area contributed by atoms with E-state index in [4.69, 9.17) is 4.99 Å². The van der Waals surface area contributed by atoms with Gasteiger partial charge in [0.15, 0.2) is 5.17 Å². The lowest BCUT2D eigenvalue weighted by Crippen LogP contribution is -2.40. The number of hydrogen-bond acceptors (Lipinski definition) is 2. The van der Waals surface area contributed by atoms with E-state index in [1.165, 1.54) is 30.9 Å². The van der Waals surface area contributed by atoms with Crippen LogP contribution in [0, 0.1) is 0 Å². The van der Waals surface area contributed by atoms with Gasteiger partial charge in [-0.05, 0) is 39.5 Å². The topological polar surface area (TPSA) is 24.4 Å². The highest BCUT2D eigenvalue weighted by Gasteiger charge is 2.37. The van der Waals surface area contributed by atoms with Crippen LogP contribution in [-0.4, -0.2) is 22.0 Å². The average molecular weight is 212 g/mol. The predicted octanol–water partition coefficient (Wildman–Crippen LogP) is 2.79. The molecule has 1 saturated heterocycles. The van der Waals surface area contributed by atoms with Gasteiger partial charge in [-0.25, -0.2) is 0 Å². The number of nitrogens with one attached hydrogen (secondary N) is 1. The summed E-state index contributed by atoms with van der Waals surface area (Å²) in [5.74, 6) is 1.14. The smallest absolute Gasteiger partial charge is 0.157 e. The quantitative estimate of drug-likeness (QED) is 0.761. The zero-order valence-corrected chi connectivity index (χ0v) is 10.2. The summed E-state index contributed by atoms with van der Waals surface area (Å²) < 4.78 is 0. The highest BCUT2D eigenvalue weighted by atomic mass is 32.2. The van der Waals surface area contributed by atoms with E-state index in [-0.39, 0.29) is 5.54 Å². The molecule has 0 bridgehead atoms. The van der Waals surface area contributed by atoms with E-state index >= 15 is 0 Å². The van der Waals surface area contributed by atoms with Gasteiger partial charge in [0.05, 0.1) is 5.54 Å². The Bertz CT molecular complexity index is 249. The molecule has 0 aromatic heterocycles. The van der Waals surface area contributed by atoms with E-state index in [0.717, 1.165) is 5.75 Å². The fourth-order valence-corrected chi connectivity index (χ4v) is 3.19. The van der Waals surface area contributed by atoms with Crippen LogP contribution in [0.25, 0.3) is 0 Å². The molecular weight excluding hydrogens is 192 g/mol. The van der Waals surface area contributed by atoms with Crippen molar-refractivity contribution in [2.75, 3.05) is 5.75 Å². The maximum Gasteiger partial charge on any atom is 0.157 e. The Morgan fingerprint density at radius 1 is 1.43 bits per heavy atom. The van der Waals surface area contributed by atoms with Gasteiger partial charge >= 0.3 is 0 Å². The summed E-state index contributed by atoms with van der Waals surface area (Å²) in [6.45, 7) is 6.73. The molecular formula is C11H20N2S. The van der Waals surface area contributed by atoms with Crippen LogP contribution < -0.4 is 5.32 Å². The summed E-state index contributed by atoms with van der Waals surface area (Å²) in [5.41, 5.74) is 0.540. The Balaban J connectivity index is 2.04. The van der Waals surface area contributed by atoms with Gasteiger partial charge in [0, 0.05) is 11.3 Å². The van der Waals surface area contributed by atoms with E-state index in [1.54, 1.807) is 0 Å². The molecule has 2 aliphatic rings. The first-order chi connectivity index (χ1) is 6.55. The van der Waals surface area contributed by atoms with Crippen molar-refractivity contribution in [3.05, 3.63) is 0 Å². The molecule has 1 heterocycles. The molecule has 2 fully saturated rings. The lowest BCUT2D eigenvalue weighted by atomic mass is 9.75. The molecule has 0 aromatic carbocycles. The number of rotatable bonds is 2. The van der Waals surface area contributed by atoms with E-state index < -0.39 is 0 Å². The third kappa shape index (κ3) is 1.92. The van der Waals surface area contributed by atoms with Crippen molar-refractivity contribution < 1.29 is 0 Å². The monoisotopic (exact) mass is 212 g/mol. The molecule has 0 amide bonds. The minimum absolute atomic E-state index is 0.238. The van der Waals surface area contributed by atoms with E-state index in [2.05, 4.69) is 26.1 Å². The number of nitrogens with zero attached hydrogens (tertiary/aromatic N) is 1. The van der Waals surface area contributed by atoms with Crippen molar-refractivity contribution in [1.29, 1.82) is 0 Å². The van der Waals surface area contributed by atoms with Crippen LogP contribution >= 0.6 is 11.8 Å². The van der Waals surface area contributed by atoms with Crippen LogP contribution in [0.2, 0.25) is 0 Å². The molecule has 0 aromatic rings. The fraction of sp³-hybridized carbons (Fsp3) is 0.909. The number of aliphatic imine (C=N–C) groups is 1. The van der Waals surface area contributed by atoms with Crippen LogP contribution in [0.3, 0.4) is 0 Å². The molecule has 2 nitrogen and oxygen atoms in total. The van der Waals surface area contributed by atoms with E-state index in [9.17, 15) is 0 Å². The Morgan fingerprint density at radius 3 is 2.50 bits per heavy atom. The summed E-state index contributed by atoms with van der Waals surface area (Å²) in [6, 6.07) is 0. The van der Waals surface area contributed by atoms with Crippen LogP contribution in [0.15, 0.2) is 4.99 Å². The first-order valence-electron chi connectivity index (χ1n) is 5.56. The lowest BCUT2D eigenvalue weighted by molar-refractivity contribution is 0.243. The molecule has 80 valence electrons. The minimum atomic E-state index is 0.238. The molecule has 0 atom stereocenters. The second kappa shape index (κ2) is 3.44. The second-order valence-corrected chi connectivity index (χ2v) is 6.11. The molecule has 0 unspecified atom stereocenters. The van der Waals surface area contributed by atoms with E-state index in [1.807, 2.05) is 11.8 Å². The van der Waals surface area contributed by atoms with Crippen LogP contribution in [-0.2, 0) is 0 Å². The van der Waals surface area contributed by atoms with Crippen molar-refractivity contribution in [1.82, 2.24) is 5.32 Å². The van der Waals surface area contributed by atoms with Gasteiger partial charge in [-0.15, -0.1) is 0 Å². The van der Waals surface area contributed by atoms with Crippen molar-refractivity contribution in [3.63, 3.8) is 0 Å². The molecule has 2 rings (SSSR count). The Hall–Kier alpha value is -0.180. The van der Waals surface area contributed by atoms with Gasteiger partial charge in [0.1, 0.15) is 0 Å².